The predicted molar refractivity (Wildman–Crippen MR) is 212 cm³/mol. The van der Waals surface area contributed by atoms with Gasteiger partial charge in [0.2, 0.25) is 41.4 Å². The Morgan fingerprint density at radius 2 is 0.944 bits per heavy atom. The average Bonchev–Trinajstić information content (AvgIpc) is 3.11. The van der Waals surface area contributed by atoms with Crippen LogP contribution >= 0.6 is 28.2 Å². The molecule has 23 heteroatoms. The maximum Gasteiger partial charge on any atom is 0.245 e. The Morgan fingerprint density at radius 1 is 0.574 bits per heavy atom. The molecule has 1 heterocycles. The number of hydrogen-bond donors (Lipinski definition) is 13. The minimum atomic E-state index is -1.57. The first kappa shape index (κ1) is 49.4. The number of likely N-dealkylation sites (N-methyl/N-ethyl adjacent to an activating group) is 1. The number of aliphatic hydroxyl groups excluding tert-OH is 2. The number of rotatable bonds is 14. The lowest BCUT2D eigenvalue weighted by molar-refractivity contribution is -0.137. The van der Waals surface area contributed by atoms with E-state index in [9.17, 15) is 43.8 Å². The summed E-state index contributed by atoms with van der Waals surface area (Å²) in [5.74, 6) is -5.37. The van der Waals surface area contributed by atoms with E-state index < -0.39 is 95.9 Å². The van der Waals surface area contributed by atoms with Crippen molar-refractivity contribution in [2.24, 2.45) is 5.92 Å². The smallest absolute Gasteiger partial charge is 0.245 e. The molecule has 1 aliphatic rings. The molecule has 0 bridgehead atoms. The molecule has 0 radical (unpaired) electrons. The van der Waals surface area contributed by atoms with Crippen molar-refractivity contribution < 1.29 is 43.8 Å². The molecule has 0 aromatic rings. The van der Waals surface area contributed by atoms with Crippen LogP contribution in [0, 0.1) is 5.92 Å². The van der Waals surface area contributed by atoms with Gasteiger partial charge in [-0.3, -0.25) is 33.6 Å². The minimum absolute atomic E-state index is 0.0222. The van der Waals surface area contributed by atoms with Crippen LogP contribution in [0.25, 0.3) is 0 Å². The SMILES string of the molecule is CNC1CCNC(=O)C(C(C)O)NC(=O)C(CCNP)NC(=O)C(CCNP)NC(=O)C(C(C)O)NC(=O)C(CC(C)C)NC(=O)C(CCNP)NC1=O. The molecule has 0 aromatic heterocycles. The second kappa shape index (κ2) is 26.2. The topological polar surface area (TPSA) is 292 Å². The third kappa shape index (κ3) is 17.4. The largest absolute Gasteiger partial charge is 0.391 e. The summed E-state index contributed by atoms with van der Waals surface area (Å²) in [6.07, 6.45) is -2.43. The Hall–Kier alpha value is -2.66. The molecule has 1 saturated heterocycles. The molecule has 0 aliphatic carbocycles. The number of aliphatic hydroxyl groups is 2. The van der Waals surface area contributed by atoms with Gasteiger partial charge < -0.3 is 68.0 Å². The van der Waals surface area contributed by atoms with Crippen molar-refractivity contribution in [3.05, 3.63) is 0 Å². The van der Waals surface area contributed by atoms with Gasteiger partial charge in [-0.2, -0.15) is 0 Å². The Balaban J connectivity index is 3.70. The molecule has 0 saturated carbocycles. The van der Waals surface area contributed by atoms with Crippen LogP contribution in [0.4, 0.5) is 0 Å². The minimum Gasteiger partial charge on any atom is -0.391 e. The molecular weight excluding hydrogens is 763 g/mol. The lowest BCUT2D eigenvalue weighted by Crippen LogP contribution is -2.62. The number of carbonyl (C=O) groups excluding carboxylic acids is 7. The third-order valence-corrected chi connectivity index (χ3v) is 9.36. The third-order valence-electron chi connectivity index (χ3n) is 8.49. The molecule has 13 N–H and O–H groups in total. The van der Waals surface area contributed by atoms with Crippen LogP contribution in [0.15, 0.2) is 0 Å². The first-order valence-electron chi connectivity index (χ1n) is 17.9. The van der Waals surface area contributed by atoms with E-state index in [0.29, 0.717) is 0 Å². The first-order valence-corrected chi connectivity index (χ1v) is 19.7. The standard InChI is InChI=1S/C31H62N11O9P3/c1-15(2)14-22-29(49)42-24(17(4)44)31(51)39-20(8-12-35-53)26(46)38-21(9-13-36-54)28(48)41-23(16(3)43)30(50)33-10-6-18(32-5)25(45)37-19(7-11-34-52)27(47)40-22/h15-24,32,34-36,43-44H,6-14,52-54H2,1-5H3,(H,33,50)(H,37,45)(H,38,46)(H,39,51)(H,40,47)(H,41,48)(H,42,49). The zero-order valence-corrected chi connectivity index (χ0v) is 35.1. The summed E-state index contributed by atoms with van der Waals surface area (Å²) in [6.45, 7) is 6.89. The van der Waals surface area contributed by atoms with E-state index >= 15 is 0 Å². The van der Waals surface area contributed by atoms with Gasteiger partial charge in [-0.25, -0.2) is 0 Å². The van der Waals surface area contributed by atoms with Crippen LogP contribution in [0.2, 0.25) is 0 Å². The molecule has 0 spiro atoms. The molecule has 12 atom stereocenters. The highest BCUT2D eigenvalue weighted by Gasteiger charge is 2.36. The summed E-state index contributed by atoms with van der Waals surface area (Å²) >= 11 is 0. The average molecular weight is 826 g/mol. The van der Waals surface area contributed by atoms with Crippen molar-refractivity contribution >= 4 is 69.5 Å². The molecule has 0 aromatic carbocycles. The Bertz CT molecular complexity index is 1250. The summed E-state index contributed by atoms with van der Waals surface area (Å²) < 4.78 is 0. The van der Waals surface area contributed by atoms with Gasteiger partial charge in [-0.05, 0) is 58.9 Å². The maximum atomic E-state index is 13.7. The fourth-order valence-electron chi connectivity index (χ4n) is 5.45. The number of nitrogens with one attached hydrogen (secondary N) is 11. The summed E-state index contributed by atoms with van der Waals surface area (Å²) in [7, 11) is 8.36. The van der Waals surface area contributed by atoms with Crippen molar-refractivity contribution in [1.29, 1.82) is 0 Å². The van der Waals surface area contributed by atoms with E-state index in [1.165, 1.54) is 20.9 Å². The van der Waals surface area contributed by atoms with E-state index in [2.05, 4.69) is 86.0 Å². The van der Waals surface area contributed by atoms with Crippen LogP contribution in [0.5, 0.6) is 0 Å². The summed E-state index contributed by atoms with van der Waals surface area (Å²) in [5, 5.41) is 50.5. The summed E-state index contributed by atoms with van der Waals surface area (Å²) in [5.41, 5.74) is 0. The number of amides is 7. The molecule has 1 fully saturated rings. The van der Waals surface area contributed by atoms with E-state index in [1.807, 2.05) is 13.8 Å². The van der Waals surface area contributed by atoms with Crippen LogP contribution in [0.3, 0.4) is 0 Å². The monoisotopic (exact) mass is 825 g/mol. The fourth-order valence-corrected chi connectivity index (χ4v) is 5.95. The normalized spacial score (nSPS) is 27.4. The maximum absolute atomic E-state index is 13.7. The van der Waals surface area contributed by atoms with E-state index in [-0.39, 0.29) is 64.2 Å². The number of hydrogen-bond acceptors (Lipinski definition) is 13. The second-order valence-corrected chi connectivity index (χ2v) is 14.7. The van der Waals surface area contributed by atoms with Gasteiger partial charge in [0, 0.05) is 26.2 Å². The first-order chi connectivity index (χ1) is 25.5. The summed E-state index contributed by atoms with van der Waals surface area (Å²) in [4.78, 5) is 94.7. The fraction of sp³-hybridized carbons (Fsp3) is 0.774. The van der Waals surface area contributed by atoms with Crippen LogP contribution in [-0.4, -0.2) is 139 Å². The Kier molecular flexibility index (Phi) is 24.0. The van der Waals surface area contributed by atoms with Gasteiger partial charge in [0.05, 0.1) is 18.2 Å². The molecule has 20 nitrogen and oxygen atoms in total. The predicted octanol–water partition coefficient (Wildman–Crippen LogP) is -4.88. The van der Waals surface area contributed by atoms with Crippen LogP contribution in [0.1, 0.15) is 59.8 Å². The highest BCUT2D eigenvalue weighted by Crippen LogP contribution is 2.09. The molecule has 1 rings (SSSR count). The molecule has 12 unspecified atom stereocenters. The van der Waals surface area contributed by atoms with Crippen molar-refractivity contribution in [1.82, 2.24) is 57.8 Å². The molecule has 7 amide bonds. The van der Waals surface area contributed by atoms with Crippen LogP contribution < -0.4 is 57.8 Å². The van der Waals surface area contributed by atoms with Crippen molar-refractivity contribution in [3.63, 3.8) is 0 Å². The van der Waals surface area contributed by atoms with Crippen molar-refractivity contribution in [2.75, 3.05) is 33.2 Å². The second-order valence-electron chi connectivity index (χ2n) is 13.5. The van der Waals surface area contributed by atoms with Gasteiger partial charge in [0.25, 0.3) is 0 Å². The van der Waals surface area contributed by atoms with E-state index in [4.69, 9.17) is 0 Å². The van der Waals surface area contributed by atoms with Crippen molar-refractivity contribution in [3.8, 4) is 0 Å². The zero-order chi connectivity index (χ0) is 41.0. The highest BCUT2D eigenvalue weighted by atomic mass is 31.0. The van der Waals surface area contributed by atoms with Crippen LogP contribution in [-0.2, 0) is 33.6 Å². The van der Waals surface area contributed by atoms with E-state index in [0.717, 1.165) is 0 Å². The molecule has 54 heavy (non-hydrogen) atoms. The van der Waals surface area contributed by atoms with Gasteiger partial charge >= 0.3 is 0 Å². The van der Waals surface area contributed by atoms with Crippen molar-refractivity contribution in [2.45, 2.75) is 114 Å². The quantitative estimate of drug-likeness (QED) is 0.0733. The lowest BCUT2D eigenvalue weighted by Gasteiger charge is -2.29. The van der Waals surface area contributed by atoms with Gasteiger partial charge in [0.15, 0.2) is 0 Å². The Labute approximate surface area is 324 Å². The molecular formula is C31H62N11O9P3. The zero-order valence-electron chi connectivity index (χ0n) is 31.6. The van der Waals surface area contributed by atoms with E-state index in [1.54, 1.807) is 0 Å². The molecule has 1 aliphatic heterocycles. The highest BCUT2D eigenvalue weighted by molar-refractivity contribution is 7.14. The number of carbonyl (C=O) groups is 7. The Morgan fingerprint density at radius 3 is 1.35 bits per heavy atom. The van der Waals surface area contributed by atoms with Gasteiger partial charge in [-0.15, -0.1) is 0 Å². The lowest BCUT2D eigenvalue weighted by atomic mass is 10.0. The summed E-state index contributed by atoms with van der Waals surface area (Å²) in [6, 6.07) is -8.68. The van der Waals surface area contributed by atoms with Gasteiger partial charge in [-0.1, -0.05) is 42.0 Å². The van der Waals surface area contributed by atoms with Gasteiger partial charge in [0.1, 0.15) is 36.3 Å². The molecule has 310 valence electrons.